The average Bonchev–Trinajstić information content (AvgIpc) is 2.66. The van der Waals surface area contributed by atoms with E-state index >= 15 is 0 Å². The minimum atomic E-state index is -3.69. The van der Waals surface area contributed by atoms with Gasteiger partial charge < -0.3 is 10.1 Å². The van der Waals surface area contributed by atoms with Crippen molar-refractivity contribution in [3.8, 4) is 0 Å². The summed E-state index contributed by atoms with van der Waals surface area (Å²) in [5.41, 5.74) is 1.65. The number of para-hydroxylation sites is 1. The van der Waals surface area contributed by atoms with Gasteiger partial charge in [0.25, 0.3) is 0 Å². The first-order valence-corrected chi connectivity index (χ1v) is 10.6. The van der Waals surface area contributed by atoms with Gasteiger partial charge >= 0.3 is 5.97 Å². The fourth-order valence-corrected chi connectivity index (χ4v) is 3.72. The van der Waals surface area contributed by atoms with Gasteiger partial charge in [-0.2, -0.15) is 0 Å². The smallest absolute Gasteiger partial charge is 0.339 e. The van der Waals surface area contributed by atoms with Gasteiger partial charge in [-0.1, -0.05) is 36.7 Å². The van der Waals surface area contributed by atoms with Crippen molar-refractivity contribution >= 4 is 44.9 Å². The summed E-state index contributed by atoms with van der Waals surface area (Å²) in [6, 6.07) is 11.3. The van der Waals surface area contributed by atoms with E-state index < -0.39 is 28.4 Å². The molecule has 9 heteroatoms. The molecular formula is C19H21ClN2O5S. The lowest BCUT2D eigenvalue weighted by molar-refractivity contribution is -0.114. The molecule has 0 aliphatic rings. The molecule has 1 amide bonds. The molecule has 0 saturated carbocycles. The number of carbonyl (C=O) groups is 2. The molecule has 0 radical (unpaired) electrons. The van der Waals surface area contributed by atoms with Crippen molar-refractivity contribution in [1.82, 2.24) is 0 Å². The molecule has 28 heavy (non-hydrogen) atoms. The van der Waals surface area contributed by atoms with E-state index in [1.54, 1.807) is 12.1 Å². The molecular weight excluding hydrogens is 404 g/mol. The van der Waals surface area contributed by atoms with Crippen LogP contribution in [-0.2, 0) is 26.0 Å². The maximum Gasteiger partial charge on any atom is 0.339 e. The Balaban J connectivity index is 2.27. The fourth-order valence-electron chi connectivity index (χ4n) is 2.63. The maximum atomic E-state index is 12.5. The van der Waals surface area contributed by atoms with Crippen LogP contribution >= 0.6 is 11.6 Å². The maximum absolute atomic E-state index is 12.5. The molecule has 0 bridgehead atoms. The van der Waals surface area contributed by atoms with Crippen LogP contribution in [-0.4, -0.2) is 40.2 Å². The van der Waals surface area contributed by atoms with E-state index in [4.69, 9.17) is 11.6 Å². The quantitative estimate of drug-likeness (QED) is 0.689. The number of anilines is 2. The molecule has 0 saturated heterocycles. The number of esters is 1. The van der Waals surface area contributed by atoms with Crippen molar-refractivity contribution in [3.63, 3.8) is 0 Å². The Morgan fingerprint density at radius 3 is 2.46 bits per heavy atom. The minimum absolute atomic E-state index is 0.0956. The molecule has 150 valence electrons. The number of aryl methyl sites for hydroxylation is 1. The number of amides is 1. The van der Waals surface area contributed by atoms with E-state index in [9.17, 15) is 18.0 Å². The highest BCUT2D eigenvalue weighted by molar-refractivity contribution is 7.92. The third-order valence-electron chi connectivity index (χ3n) is 3.98. The lowest BCUT2D eigenvalue weighted by atomic mass is 10.1. The summed E-state index contributed by atoms with van der Waals surface area (Å²) in [6.45, 7) is 1.49. The van der Waals surface area contributed by atoms with Crippen LogP contribution in [0.2, 0.25) is 5.02 Å². The number of methoxy groups -OCH3 is 1. The largest absolute Gasteiger partial charge is 0.465 e. The summed E-state index contributed by atoms with van der Waals surface area (Å²) in [5, 5.41) is 2.77. The number of hydrogen-bond donors (Lipinski definition) is 1. The summed E-state index contributed by atoms with van der Waals surface area (Å²) in [4.78, 5) is 24.2. The van der Waals surface area contributed by atoms with Crippen LogP contribution in [0.5, 0.6) is 0 Å². The molecule has 2 rings (SSSR count). The molecule has 0 atom stereocenters. The number of carbonyl (C=O) groups excluding carboxylic acids is 2. The van der Waals surface area contributed by atoms with Crippen LogP contribution < -0.4 is 9.62 Å². The van der Waals surface area contributed by atoms with Crippen LogP contribution in [0.15, 0.2) is 42.5 Å². The highest BCUT2D eigenvalue weighted by Crippen LogP contribution is 2.24. The second-order valence-corrected chi connectivity index (χ2v) is 8.30. The second kappa shape index (κ2) is 9.07. The van der Waals surface area contributed by atoms with Gasteiger partial charge in [0.15, 0.2) is 0 Å². The zero-order chi connectivity index (χ0) is 20.9. The van der Waals surface area contributed by atoms with Crippen molar-refractivity contribution < 1.29 is 22.7 Å². The molecule has 0 aliphatic carbocycles. The first-order valence-electron chi connectivity index (χ1n) is 8.40. The van der Waals surface area contributed by atoms with Gasteiger partial charge in [0.1, 0.15) is 6.54 Å². The van der Waals surface area contributed by atoms with Gasteiger partial charge in [-0.05, 0) is 36.2 Å². The Morgan fingerprint density at radius 2 is 1.86 bits per heavy atom. The summed E-state index contributed by atoms with van der Waals surface area (Å²) < 4.78 is 30.3. The molecule has 2 aromatic rings. The van der Waals surface area contributed by atoms with Crippen LogP contribution in [0.25, 0.3) is 0 Å². The number of sulfonamides is 1. The Kier molecular flexibility index (Phi) is 7.04. The van der Waals surface area contributed by atoms with Gasteiger partial charge in [0.05, 0.1) is 29.6 Å². The van der Waals surface area contributed by atoms with Gasteiger partial charge in [-0.25, -0.2) is 13.2 Å². The third-order valence-corrected chi connectivity index (χ3v) is 5.44. The van der Waals surface area contributed by atoms with E-state index in [0.29, 0.717) is 17.8 Å². The molecule has 0 fully saturated rings. The number of hydrogen-bond acceptors (Lipinski definition) is 5. The molecule has 1 N–H and O–H groups in total. The topological polar surface area (TPSA) is 92.8 Å². The van der Waals surface area contributed by atoms with Gasteiger partial charge in [0.2, 0.25) is 15.9 Å². The number of rotatable bonds is 7. The first kappa shape index (κ1) is 21.7. The van der Waals surface area contributed by atoms with Crippen LogP contribution in [0.3, 0.4) is 0 Å². The molecule has 0 unspecified atom stereocenters. The number of nitrogens with zero attached hydrogens (tertiary/aromatic N) is 1. The van der Waals surface area contributed by atoms with Gasteiger partial charge in [-0.3, -0.25) is 9.10 Å². The fraction of sp³-hybridized carbons (Fsp3) is 0.263. The SMILES string of the molecule is CCc1ccccc1N(CC(=O)Nc1ccc(Cl)c(C(=O)OC)c1)S(C)(=O)=O. The Morgan fingerprint density at radius 1 is 1.18 bits per heavy atom. The van der Waals surface area contributed by atoms with Crippen molar-refractivity contribution in [1.29, 1.82) is 0 Å². The van der Waals surface area contributed by atoms with Crippen molar-refractivity contribution in [2.24, 2.45) is 0 Å². The lowest BCUT2D eigenvalue weighted by Gasteiger charge is -2.24. The Labute approximate surface area is 169 Å². The van der Waals surface area contributed by atoms with E-state index in [-0.39, 0.29) is 10.6 Å². The summed E-state index contributed by atoms with van der Waals surface area (Å²) in [5.74, 6) is -1.20. The molecule has 0 aliphatic heterocycles. The molecule has 0 heterocycles. The zero-order valence-electron chi connectivity index (χ0n) is 15.7. The Hall–Kier alpha value is -2.58. The first-order chi connectivity index (χ1) is 13.2. The van der Waals surface area contributed by atoms with Crippen molar-refractivity contribution in [3.05, 3.63) is 58.6 Å². The Bertz CT molecular complexity index is 992. The monoisotopic (exact) mass is 424 g/mol. The number of ether oxygens (including phenoxy) is 1. The number of halogens is 1. The van der Waals surface area contributed by atoms with E-state index in [1.807, 2.05) is 19.1 Å². The van der Waals surface area contributed by atoms with Crippen molar-refractivity contribution in [2.75, 3.05) is 29.5 Å². The van der Waals surface area contributed by atoms with E-state index in [0.717, 1.165) is 16.1 Å². The van der Waals surface area contributed by atoms with Crippen LogP contribution in [0, 0.1) is 0 Å². The molecule has 2 aromatic carbocycles. The molecule has 0 spiro atoms. The standard InChI is InChI=1S/C19H21ClN2O5S/c1-4-13-7-5-6-8-17(13)22(28(3,25)26)12-18(23)21-14-9-10-16(20)15(11-14)19(24)27-2/h5-11H,4,12H2,1-3H3,(H,21,23). The normalized spacial score (nSPS) is 11.0. The molecule has 0 aromatic heterocycles. The second-order valence-electron chi connectivity index (χ2n) is 5.99. The summed E-state index contributed by atoms with van der Waals surface area (Å²) in [6.07, 6.45) is 1.66. The third kappa shape index (κ3) is 5.24. The number of nitrogens with one attached hydrogen (secondary N) is 1. The van der Waals surface area contributed by atoms with E-state index in [1.165, 1.54) is 25.3 Å². The van der Waals surface area contributed by atoms with E-state index in [2.05, 4.69) is 10.1 Å². The van der Waals surface area contributed by atoms with Crippen LogP contribution in [0.4, 0.5) is 11.4 Å². The summed E-state index contributed by atoms with van der Waals surface area (Å²) in [7, 11) is -2.47. The van der Waals surface area contributed by atoms with Gasteiger partial charge in [-0.15, -0.1) is 0 Å². The van der Waals surface area contributed by atoms with Gasteiger partial charge in [0, 0.05) is 5.69 Å². The highest BCUT2D eigenvalue weighted by Gasteiger charge is 2.23. The van der Waals surface area contributed by atoms with Crippen LogP contribution in [0.1, 0.15) is 22.8 Å². The van der Waals surface area contributed by atoms with Crippen molar-refractivity contribution in [2.45, 2.75) is 13.3 Å². The number of benzene rings is 2. The zero-order valence-corrected chi connectivity index (χ0v) is 17.3. The lowest BCUT2D eigenvalue weighted by Crippen LogP contribution is -2.38. The predicted molar refractivity (Wildman–Crippen MR) is 109 cm³/mol. The minimum Gasteiger partial charge on any atom is -0.465 e. The summed E-state index contributed by atoms with van der Waals surface area (Å²) >= 11 is 5.96. The molecule has 7 nitrogen and oxygen atoms in total. The predicted octanol–water partition coefficient (Wildman–Crippen LogP) is 3.09. The average molecular weight is 425 g/mol. The highest BCUT2D eigenvalue weighted by atomic mass is 35.5.